The van der Waals surface area contributed by atoms with Crippen molar-refractivity contribution in [2.24, 2.45) is 0 Å². The number of hydrogen-bond acceptors (Lipinski definition) is 2. The van der Waals surface area contributed by atoms with Crippen LogP contribution in [-0.4, -0.2) is 25.0 Å². The molecule has 0 fully saturated rings. The average molecular weight is 314 g/mol. The molecule has 0 spiro atoms. The van der Waals surface area contributed by atoms with Gasteiger partial charge in [0.1, 0.15) is 0 Å². The zero-order valence-corrected chi connectivity index (χ0v) is 11.7. The van der Waals surface area contributed by atoms with E-state index in [1.54, 1.807) is 0 Å². The molecule has 0 radical (unpaired) electrons. The van der Waals surface area contributed by atoms with Crippen molar-refractivity contribution in [2.45, 2.75) is 13.5 Å². The number of amides is 3. The molecule has 0 saturated carbocycles. The molecule has 3 amide bonds. The standard InChI is InChI=1S/C12H16BrN3O2/c1-9(17)14-6-7-15-12(18)16-8-10-4-2-3-5-11(10)13/h2-5H,6-8H2,1H3,(H,14,17)(H2,15,16,18). The lowest BCUT2D eigenvalue weighted by molar-refractivity contribution is -0.118. The predicted molar refractivity (Wildman–Crippen MR) is 73.1 cm³/mol. The van der Waals surface area contributed by atoms with Gasteiger partial charge >= 0.3 is 6.03 Å². The topological polar surface area (TPSA) is 70.2 Å². The van der Waals surface area contributed by atoms with Crippen LogP contribution in [0.25, 0.3) is 0 Å². The van der Waals surface area contributed by atoms with E-state index in [0.717, 1.165) is 10.0 Å². The van der Waals surface area contributed by atoms with Gasteiger partial charge < -0.3 is 16.0 Å². The summed E-state index contributed by atoms with van der Waals surface area (Å²) in [6, 6.07) is 7.43. The lowest BCUT2D eigenvalue weighted by Gasteiger charge is -2.09. The maximum atomic E-state index is 11.4. The van der Waals surface area contributed by atoms with Gasteiger partial charge in [0.15, 0.2) is 0 Å². The van der Waals surface area contributed by atoms with Crippen molar-refractivity contribution in [1.29, 1.82) is 0 Å². The fourth-order valence-corrected chi connectivity index (χ4v) is 1.72. The Morgan fingerprint density at radius 2 is 1.78 bits per heavy atom. The molecule has 0 bridgehead atoms. The molecule has 1 aromatic rings. The van der Waals surface area contributed by atoms with Gasteiger partial charge in [-0.05, 0) is 11.6 Å². The Morgan fingerprint density at radius 1 is 1.11 bits per heavy atom. The molecule has 18 heavy (non-hydrogen) atoms. The molecule has 98 valence electrons. The van der Waals surface area contributed by atoms with E-state index in [1.165, 1.54) is 6.92 Å². The summed E-state index contributed by atoms with van der Waals surface area (Å²) in [5.74, 6) is -0.106. The molecule has 0 saturated heterocycles. The van der Waals surface area contributed by atoms with Crippen LogP contribution in [0.4, 0.5) is 4.79 Å². The summed E-state index contributed by atoms with van der Waals surface area (Å²) in [6.07, 6.45) is 0. The summed E-state index contributed by atoms with van der Waals surface area (Å²) < 4.78 is 0.962. The van der Waals surface area contributed by atoms with Crippen LogP contribution in [0, 0.1) is 0 Å². The monoisotopic (exact) mass is 313 g/mol. The van der Waals surface area contributed by atoms with Crippen LogP contribution in [0.5, 0.6) is 0 Å². The molecule has 1 aromatic carbocycles. The van der Waals surface area contributed by atoms with E-state index in [0.29, 0.717) is 19.6 Å². The smallest absolute Gasteiger partial charge is 0.315 e. The van der Waals surface area contributed by atoms with Crippen LogP contribution in [-0.2, 0) is 11.3 Å². The fourth-order valence-electron chi connectivity index (χ4n) is 1.29. The Balaban J connectivity index is 2.21. The van der Waals surface area contributed by atoms with Crippen LogP contribution in [0.3, 0.4) is 0 Å². The highest BCUT2D eigenvalue weighted by Crippen LogP contribution is 2.14. The van der Waals surface area contributed by atoms with E-state index in [4.69, 9.17) is 0 Å². The van der Waals surface area contributed by atoms with Crippen molar-refractivity contribution in [3.8, 4) is 0 Å². The zero-order chi connectivity index (χ0) is 13.4. The molecular formula is C12H16BrN3O2. The molecule has 0 unspecified atom stereocenters. The second-order valence-corrected chi connectivity index (χ2v) is 4.54. The molecule has 1 rings (SSSR count). The zero-order valence-electron chi connectivity index (χ0n) is 10.1. The minimum atomic E-state index is -0.254. The Labute approximate surface area is 114 Å². The first-order valence-corrected chi connectivity index (χ1v) is 6.38. The Kier molecular flexibility index (Phi) is 6.21. The Bertz CT molecular complexity index is 424. The van der Waals surface area contributed by atoms with E-state index < -0.39 is 0 Å². The lowest BCUT2D eigenvalue weighted by atomic mass is 10.2. The number of benzene rings is 1. The first kappa shape index (κ1) is 14.5. The maximum Gasteiger partial charge on any atom is 0.315 e. The summed E-state index contributed by atoms with van der Waals surface area (Å²) in [7, 11) is 0. The minimum Gasteiger partial charge on any atom is -0.355 e. The number of hydrogen-bond donors (Lipinski definition) is 3. The van der Waals surface area contributed by atoms with Gasteiger partial charge in [0.05, 0.1) is 0 Å². The molecule has 0 aliphatic rings. The minimum absolute atomic E-state index is 0.106. The van der Waals surface area contributed by atoms with Crippen LogP contribution in [0.15, 0.2) is 28.7 Å². The number of carbonyl (C=O) groups excluding carboxylic acids is 2. The number of nitrogens with one attached hydrogen (secondary N) is 3. The van der Waals surface area contributed by atoms with Crippen molar-refractivity contribution < 1.29 is 9.59 Å². The summed E-state index contributed by atoms with van der Waals surface area (Å²) in [5, 5.41) is 7.98. The van der Waals surface area contributed by atoms with Gasteiger partial charge in [-0.15, -0.1) is 0 Å². The van der Waals surface area contributed by atoms with E-state index >= 15 is 0 Å². The largest absolute Gasteiger partial charge is 0.355 e. The third-order valence-electron chi connectivity index (χ3n) is 2.18. The maximum absolute atomic E-state index is 11.4. The van der Waals surface area contributed by atoms with Gasteiger partial charge in [0, 0.05) is 31.0 Å². The van der Waals surface area contributed by atoms with Crippen molar-refractivity contribution in [2.75, 3.05) is 13.1 Å². The number of urea groups is 1. The molecule has 3 N–H and O–H groups in total. The Morgan fingerprint density at radius 3 is 2.44 bits per heavy atom. The fraction of sp³-hybridized carbons (Fsp3) is 0.333. The molecule has 5 nitrogen and oxygen atoms in total. The SMILES string of the molecule is CC(=O)NCCNC(=O)NCc1ccccc1Br. The molecule has 0 atom stereocenters. The average Bonchev–Trinajstić information content (AvgIpc) is 2.33. The molecule has 0 heterocycles. The van der Waals surface area contributed by atoms with Crippen molar-refractivity contribution in [1.82, 2.24) is 16.0 Å². The molecule has 6 heteroatoms. The molecule has 0 aliphatic carbocycles. The third kappa shape index (κ3) is 5.67. The summed E-state index contributed by atoms with van der Waals surface area (Å²) in [5.41, 5.74) is 1.01. The van der Waals surface area contributed by atoms with Crippen LogP contribution >= 0.6 is 15.9 Å². The molecule has 0 aliphatic heterocycles. The number of halogens is 1. The van der Waals surface area contributed by atoms with Crippen LogP contribution in [0.2, 0.25) is 0 Å². The van der Waals surface area contributed by atoms with Gasteiger partial charge in [-0.2, -0.15) is 0 Å². The van der Waals surface area contributed by atoms with E-state index in [-0.39, 0.29) is 11.9 Å². The summed E-state index contributed by atoms with van der Waals surface area (Å²) >= 11 is 3.41. The molecular weight excluding hydrogens is 298 g/mol. The lowest BCUT2D eigenvalue weighted by Crippen LogP contribution is -2.39. The van der Waals surface area contributed by atoms with Gasteiger partial charge in [-0.25, -0.2) is 4.79 Å². The normalized spacial score (nSPS) is 9.67. The van der Waals surface area contributed by atoms with Gasteiger partial charge in [-0.3, -0.25) is 4.79 Å². The van der Waals surface area contributed by atoms with Crippen molar-refractivity contribution in [3.05, 3.63) is 34.3 Å². The highest BCUT2D eigenvalue weighted by molar-refractivity contribution is 9.10. The van der Waals surface area contributed by atoms with Crippen LogP contribution in [0.1, 0.15) is 12.5 Å². The van der Waals surface area contributed by atoms with Crippen molar-refractivity contribution in [3.63, 3.8) is 0 Å². The second-order valence-electron chi connectivity index (χ2n) is 3.68. The highest BCUT2D eigenvalue weighted by Gasteiger charge is 2.02. The van der Waals surface area contributed by atoms with E-state index in [1.807, 2.05) is 24.3 Å². The van der Waals surface area contributed by atoms with Gasteiger partial charge in [-0.1, -0.05) is 34.1 Å². The second kappa shape index (κ2) is 7.71. The van der Waals surface area contributed by atoms with Gasteiger partial charge in [0.25, 0.3) is 0 Å². The predicted octanol–water partition coefficient (Wildman–Crippen LogP) is 1.38. The number of rotatable bonds is 5. The summed E-state index contributed by atoms with van der Waals surface area (Å²) in [6.45, 7) is 2.72. The van der Waals surface area contributed by atoms with E-state index in [9.17, 15) is 9.59 Å². The summed E-state index contributed by atoms with van der Waals surface area (Å²) in [4.78, 5) is 22.0. The quantitative estimate of drug-likeness (QED) is 0.719. The van der Waals surface area contributed by atoms with E-state index in [2.05, 4.69) is 31.9 Å². The van der Waals surface area contributed by atoms with Crippen LogP contribution < -0.4 is 16.0 Å². The Hall–Kier alpha value is -1.56. The van der Waals surface area contributed by atoms with Crippen molar-refractivity contribution >= 4 is 27.9 Å². The first-order chi connectivity index (χ1) is 8.59. The first-order valence-electron chi connectivity index (χ1n) is 5.59. The number of carbonyl (C=O) groups is 2. The third-order valence-corrected chi connectivity index (χ3v) is 2.96. The highest BCUT2D eigenvalue weighted by atomic mass is 79.9. The molecule has 0 aromatic heterocycles. The van der Waals surface area contributed by atoms with Gasteiger partial charge in [0.2, 0.25) is 5.91 Å².